The molecule has 1 aliphatic rings. The van der Waals surface area contributed by atoms with Crippen molar-refractivity contribution in [1.82, 2.24) is 4.90 Å². The van der Waals surface area contributed by atoms with E-state index in [1.807, 2.05) is 23.8 Å². The average Bonchev–Trinajstić information content (AvgIpc) is 3.04. The average molecular weight is 292 g/mol. The molecule has 2 N–H and O–H groups in total. The number of alkyl halides is 3. The van der Waals surface area contributed by atoms with Gasteiger partial charge in [0.1, 0.15) is 0 Å². The van der Waals surface area contributed by atoms with Crippen LogP contribution >= 0.6 is 11.3 Å². The van der Waals surface area contributed by atoms with Crippen LogP contribution in [0.4, 0.5) is 13.2 Å². The molecule has 1 fully saturated rings. The fraction of sp³-hybridized carbons (Fsp3) is 0.692. The zero-order valence-corrected chi connectivity index (χ0v) is 11.7. The van der Waals surface area contributed by atoms with Crippen LogP contribution in [0.15, 0.2) is 16.8 Å². The number of rotatable bonds is 6. The Balaban J connectivity index is 2.23. The van der Waals surface area contributed by atoms with Gasteiger partial charge in [-0.15, -0.1) is 0 Å². The van der Waals surface area contributed by atoms with Gasteiger partial charge < -0.3 is 5.73 Å². The van der Waals surface area contributed by atoms with Crippen molar-refractivity contribution < 1.29 is 13.2 Å². The Bertz CT molecular complexity index is 387. The van der Waals surface area contributed by atoms with Crippen LogP contribution in [0, 0.1) is 0 Å². The van der Waals surface area contributed by atoms with E-state index in [0.29, 0.717) is 6.42 Å². The molecule has 0 amide bonds. The summed E-state index contributed by atoms with van der Waals surface area (Å²) in [6, 6.07) is 1.32. The standard InChI is InChI=1S/C13H19F3N2S/c1-2-11(17)12(9-5-6-19-7-9)18(10-3-4-10)8-13(14,15)16/h5-7,10-12H,2-4,8,17H2,1H3. The molecule has 2 rings (SSSR count). The molecule has 6 heteroatoms. The van der Waals surface area contributed by atoms with E-state index in [1.54, 1.807) is 4.90 Å². The Morgan fingerprint density at radius 2 is 2.16 bits per heavy atom. The lowest BCUT2D eigenvalue weighted by atomic mass is 9.98. The molecule has 1 aromatic heterocycles. The molecular formula is C13H19F3N2S. The summed E-state index contributed by atoms with van der Waals surface area (Å²) >= 11 is 1.50. The molecule has 0 aliphatic heterocycles. The van der Waals surface area contributed by atoms with Crippen LogP contribution in [-0.4, -0.2) is 29.7 Å². The Labute approximate surface area is 115 Å². The summed E-state index contributed by atoms with van der Waals surface area (Å²) in [5.41, 5.74) is 7.00. The van der Waals surface area contributed by atoms with Crippen LogP contribution in [0.1, 0.15) is 37.8 Å². The summed E-state index contributed by atoms with van der Waals surface area (Å²) in [6.45, 7) is 1.05. The second-order valence-corrected chi connectivity index (χ2v) is 5.87. The van der Waals surface area contributed by atoms with Gasteiger partial charge in [-0.1, -0.05) is 6.92 Å². The second kappa shape index (κ2) is 5.81. The van der Waals surface area contributed by atoms with Crippen LogP contribution in [0.25, 0.3) is 0 Å². The highest BCUT2D eigenvalue weighted by Gasteiger charge is 2.43. The summed E-state index contributed by atoms with van der Waals surface area (Å²) in [4.78, 5) is 1.55. The third-order valence-electron chi connectivity index (χ3n) is 3.50. The maximum atomic E-state index is 12.8. The van der Waals surface area contributed by atoms with E-state index in [0.717, 1.165) is 18.4 Å². The summed E-state index contributed by atoms with van der Waals surface area (Å²) in [6.07, 6.45) is -1.83. The molecule has 1 heterocycles. The first-order valence-corrected chi connectivity index (χ1v) is 7.47. The maximum Gasteiger partial charge on any atom is 0.401 e. The fourth-order valence-electron chi connectivity index (χ4n) is 2.42. The van der Waals surface area contributed by atoms with E-state index in [-0.39, 0.29) is 18.1 Å². The summed E-state index contributed by atoms with van der Waals surface area (Å²) in [7, 11) is 0. The van der Waals surface area contributed by atoms with Crippen LogP contribution in [-0.2, 0) is 0 Å². The fourth-order valence-corrected chi connectivity index (χ4v) is 3.11. The third kappa shape index (κ3) is 3.94. The van der Waals surface area contributed by atoms with Gasteiger partial charge in [0.15, 0.2) is 0 Å². The monoisotopic (exact) mass is 292 g/mol. The smallest absolute Gasteiger partial charge is 0.326 e. The van der Waals surface area contributed by atoms with Crippen LogP contribution < -0.4 is 5.73 Å². The third-order valence-corrected chi connectivity index (χ3v) is 4.20. The molecule has 1 aliphatic carbocycles. The number of nitrogens with two attached hydrogens (primary N) is 1. The normalized spacial score (nSPS) is 19.7. The number of halogens is 3. The second-order valence-electron chi connectivity index (χ2n) is 5.09. The lowest BCUT2D eigenvalue weighted by Gasteiger charge is -2.35. The van der Waals surface area contributed by atoms with Gasteiger partial charge in [0, 0.05) is 12.1 Å². The highest BCUT2D eigenvalue weighted by Crippen LogP contribution is 2.39. The van der Waals surface area contributed by atoms with E-state index < -0.39 is 12.7 Å². The summed E-state index contributed by atoms with van der Waals surface area (Å²) < 4.78 is 38.3. The Morgan fingerprint density at radius 1 is 1.47 bits per heavy atom. The largest absolute Gasteiger partial charge is 0.401 e. The predicted octanol–water partition coefficient (Wildman–Crippen LogP) is 3.55. The molecule has 1 saturated carbocycles. The van der Waals surface area contributed by atoms with Crippen molar-refractivity contribution in [2.75, 3.05) is 6.54 Å². The van der Waals surface area contributed by atoms with Gasteiger partial charge in [-0.05, 0) is 41.7 Å². The van der Waals surface area contributed by atoms with Crippen molar-refractivity contribution in [3.63, 3.8) is 0 Å². The quantitative estimate of drug-likeness (QED) is 0.868. The van der Waals surface area contributed by atoms with E-state index in [4.69, 9.17) is 5.73 Å². The van der Waals surface area contributed by atoms with Crippen molar-refractivity contribution in [3.05, 3.63) is 22.4 Å². The molecule has 0 bridgehead atoms. The SMILES string of the molecule is CCC(N)C(c1ccsc1)N(CC(F)(F)F)C1CC1. The minimum Gasteiger partial charge on any atom is -0.326 e. The number of nitrogens with zero attached hydrogens (tertiary/aromatic N) is 1. The van der Waals surface area contributed by atoms with Gasteiger partial charge in [-0.2, -0.15) is 24.5 Å². The first-order chi connectivity index (χ1) is 8.92. The van der Waals surface area contributed by atoms with Gasteiger partial charge in [0.2, 0.25) is 0 Å². The van der Waals surface area contributed by atoms with Gasteiger partial charge in [-0.3, -0.25) is 4.90 Å². The topological polar surface area (TPSA) is 29.3 Å². The van der Waals surface area contributed by atoms with E-state index in [1.165, 1.54) is 11.3 Å². The molecule has 0 saturated heterocycles. The lowest BCUT2D eigenvalue weighted by Crippen LogP contribution is -2.46. The van der Waals surface area contributed by atoms with E-state index in [9.17, 15) is 13.2 Å². The summed E-state index contributed by atoms with van der Waals surface area (Å²) in [5.74, 6) is 0. The molecule has 0 aromatic carbocycles. The van der Waals surface area contributed by atoms with Gasteiger partial charge >= 0.3 is 6.18 Å². The van der Waals surface area contributed by atoms with Crippen molar-refractivity contribution in [1.29, 1.82) is 0 Å². The van der Waals surface area contributed by atoms with Gasteiger partial charge in [-0.25, -0.2) is 0 Å². The molecule has 2 atom stereocenters. The van der Waals surface area contributed by atoms with E-state index >= 15 is 0 Å². The maximum absolute atomic E-state index is 12.8. The lowest BCUT2D eigenvalue weighted by molar-refractivity contribution is -0.153. The Kier molecular flexibility index (Phi) is 4.53. The summed E-state index contributed by atoms with van der Waals surface area (Å²) in [5, 5.41) is 3.80. The number of hydrogen-bond donors (Lipinski definition) is 1. The highest BCUT2D eigenvalue weighted by atomic mass is 32.1. The highest BCUT2D eigenvalue weighted by molar-refractivity contribution is 7.07. The molecule has 0 radical (unpaired) electrons. The predicted molar refractivity (Wildman–Crippen MR) is 71.1 cm³/mol. The molecule has 108 valence electrons. The number of hydrogen-bond acceptors (Lipinski definition) is 3. The molecule has 1 aromatic rings. The van der Waals surface area contributed by atoms with Crippen molar-refractivity contribution in [2.24, 2.45) is 5.73 Å². The molecule has 2 nitrogen and oxygen atoms in total. The first kappa shape index (κ1) is 14.8. The van der Waals surface area contributed by atoms with Crippen LogP contribution in [0.3, 0.4) is 0 Å². The minimum absolute atomic E-state index is 0.0316. The molecule has 2 unspecified atom stereocenters. The van der Waals surface area contributed by atoms with Crippen molar-refractivity contribution >= 4 is 11.3 Å². The Hall–Kier alpha value is -0.590. The van der Waals surface area contributed by atoms with Crippen molar-refractivity contribution in [2.45, 2.75) is 50.5 Å². The van der Waals surface area contributed by atoms with Crippen LogP contribution in [0.5, 0.6) is 0 Å². The number of thiophene rings is 1. The Morgan fingerprint density at radius 3 is 2.58 bits per heavy atom. The van der Waals surface area contributed by atoms with Gasteiger partial charge in [0.05, 0.1) is 12.6 Å². The zero-order chi connectivity index (χ0) is 14.0. The van der Waals surface area contributed by atoms with Crippen LogP contribution in [0.2, 0.25) is 0 Å². The minimum atomic E-state index is -4.18. The van der Waals surface area contributed by atoms with E-state index in [2.05, 4.69) is 0 Å². The molecule has 19 heavy (non-hydrogen) atoms. The van der Waals surface area contributed by atoms with Crippen molar-refractivity contribution in [3.8, 4) is 0 Å². The molecule has 0 spiro atoms. The molecular weight excluding hydrogens is 273 g/mol. The zero-order valence-electron chi connectivity index (χ0n) is 10.9. The van der Waals surface area contributed by atoms with Gasteiger partial charge in [0.25, 0.3) is 0 Å². The first-order valence-electron chi connectivity index (χ1n) is 6.52.